The lowest BCUT2D eigenvalue weighted by molar-refractivity contribution is -0.141. The van der Waals surface area contributed by atoms with Gasteiger partial charge >= 0.3 is 5.97 Å². The van der Waals surface area contributed by atoms with Crippen molar-refractivity contribution in [1.29, 1.82) is 0 Å². The fourth-order valence-electron chi connectivity index (χ4n) is 2.99. The molecule has 142 valence electrons. The second-order valence-corrected chi connectivity index (χ2v) is 6.81. The SMILES string of the molecule is COc1ccc([C@H]2CC(c3ccsc3)=NN2C(=O)CCC(=O)O)cc1OC. The molecule has 1 amide bonds. The maximum absolute atomic E-state index is 12.6. The zero-order chi connectivity index (χ0) is 19.4. The lowest BCUT2D eigenvalue weighted by Gasteiger charge is -2.22. The fraction of sp³-hybridized carbons (Fsp3) is 0.316. The summed E-state index contributed by atoms with van der Waals surface area (Å²) in [5, 5.41) is 18.7. The Morgan fingerprint density at radius 2 is 2.00 bits per heavy atom. The van der Waals surface area contributed by atoms with Crippen LogP contribution in [-0.2, 0) is 9.59 Å². The molecule has 0 aliphatic carbocycles. The Labute approximate surface area is 160 Å². The molecule has 0 saturated carbocycles. The maximum Gasteiger partial charge on any atom is 0.303 e. The smallest absolute Gasteiger partial charge is 0.303 e. The Balaban J connectivity index is 1.92. The van der Waals surface area contributed by atoms with Crippen LogP contribution in [0.2, 0.25) is 0 Å². The molecule has 0 radical (unpaired) electrons. The van der Waals surface area contributed by atoms with Gasteiger partial charge in [-0.1, -0.05) is 6.07 Å². The van der Waals surface area contributed by atoms with E-state index in [2.05, 4.69) is 5.10 Å². The highest BCUT2D eigenvalue weighted by molar-refractivity contribution is 7.08. The van der Waals surface area contributed by atoms with Gasteiger partial charge in [0.1, 0.15) is 0 Å². The number of aliphatic carboxylic acids is 1. The van der Waals surface area contributed by atoms with Crippen molar-refractivity contribution in [3.05, 3.63) is 46.2 Å². The van der Waals surface area contributed by atoms with Gasteiger partial charge in [-0.2, -0.15) is 16.4 Å². The number of carbonyl (C=O) groups excluding carboxylic acids is 1. The zero-order valence-electron chi connectivity index (χ0n) is 15.0. The van der Waals surface area contributed by atoms with Gasteiger partial charge in [0.25, 0.3) is 0 Å². The van der Waals surface area contributed by atoms with Crippen LogP contribution in [0.4, 0.5) is 0 Å². The van der Waals surface area contributed by atoms with E-state index in [-0.39, 0.29) is 24.8 Å². The Morgan fingerprint density at radius 1 is 1.22 bits per heavy atom. The van der Waals surface area contributed by atoms with Crippen molar-refractivity contribution in [2.45, 2.75) is 25.3 Å². The molecule has 1 aliphatic heterocycles. The van der Waals surface area contributed by atoms with Crippen molar-refractivity contribution < 1.29 is 24.2 Å². The van der Waals surface area contributed by atoms with Crippen molar-refractivity contribution >= 4 is 28.9 Å². The van der Waals surface area contributed by atoms with E-state index < -0.39 is 5.97 Å². The number of nitrogens with zero attached hydrogens (tertiary/aromatic N) is 2. The van der Waals surface area contributed by atoms with Crippen LogP contribution in [0.3, 0.4) is 0 Å². The lowest BCUT2D eigenvalue weighted by atomic mass is 9.99. The van der Waals surface area contributed by atoms with Gasteiger partial charge in [0.2, 0.25) is 5.91 Å². The number of carboxylic acid groups (broad SMARTS) is 1. The molecule has 0 fully saturated rings. The van der Waals surface area contributed by atoms with E-state index in [1.165, 1.54) is 5.01 Å². The summed E-state index contributed by atoms with van der Waals surface area (Å²) in [6.07, 6.45) is 0.224. The van der Waals surface area contributed by atoms with Gasteiger partial charge in [-0.15, -0.1) is 0 Å². The second kappa shape index (κ2) is 8.22. The lowest BCUT2D eigenvalue weighted by Crippen LogP contribution is -2.27. The number of hydrogen-bond donors (Lipinski definition) is 1. The first-order chi connectivity index (χ1) is 13.0. The topological polar surface area (TPSA) is 88.4 Å². The fourth-order valence-corrected chi connectivity index (χ4v) is 3.66. The molecule has 2 heterocycles. The van der Waals surface area contributed by atoms with Crippen LogP contribution >= 0.6 is 11.3 Å². The van der Waals surface area contributed by atoms with Crippen LogP contribution < -0.4 is 9.47 Å². The van der Waals surface area contributed by atoms with Crippen molar-refractivity contribution in [2.24, 2.45) is 5.10 Å². The van der Waals surface area contributed by atoms with Crippen LogP contribution in [0.25, 0.3) is 0 Å². The van der Waals surface area contributed by atoms with Crippen molar-refractivity contribution in [3.63, 3.8) is 0 Å². The Bertz CT molecular complexity index is 863. The number of carbonyl (C=O) groups is 2. The van der Waals surface area contributed by atoms with Gasteiger partial charge in [0, 0.05) is 18.4 Å². The summed E-state index contributed by atoms with van der Waals surface area (Å²) in [5.74, 6) is -0.159. The van der Waals surface area contributed by atoms with Crippen molar-refractivity contribution in [2.75, 3.05) is 14.2 Å². The molecular formula is C19H20N2O5S. The number of hydrogen-bond acceptors (Lipinski definition) is 6. The average molecular weight is 388 g/mol. The zero-order valence-corrected chi connectivity index (χ0v) is 15.9. The van der Waals surface area contributed by atoms with Crippen LogP contribution in [0, 0.1) is 0 Å². The number of thiophene rings is 1. The van der Waals surface area contributed by atoms with Gasteiger partial charge in [0.15, 0.2) is 11.5 Å². The third-order valence-corrected chi connectivity index (χ3v) is 5.05. The summed E-state index contributed by atoms with van der Waals surface area (Å²) in [6.45, 7) is 0. The van der Waals surface area contributed by atoms with E-state index in [4.69, 9.17) is 14.6 Å². The molecule has 8 heteroatoms. The number of methoxy groups -OCH3 is 2. The molecule has 0 spiro atoms. The van der Waals surface area contributed by atoms with E-state index in [1.54, 1.807) is 31.6 Å². The summed E-state index contributed by atoms with van der Waals surface area (Å²) in [6, 6.07) is 7.13. The number of ether oxygens (including phenoxy) is 2. The molecule has 0 bridgehead atoms. The van der Waals surface area contributed by atoms with Gasteiger partial charge in [-0.05, 0) is 34.5 Å². The molecule has 27 heavy (non-hydrogen) atoms. The normalized spacial score (nSPS) is 16.1. The minimum Gasteiger partial charge on any atom is -0.493 e. The molecule has 0 unspecified atom stereocenters. The monoisotopic (exact) mass is 388 g/mol. The van der Waals surface area contributed by atoms with Gasteiger partial charge in [0.05, 0.1) is 32.4 Å². The first-order valence-corrected chi connectivity index (χ1v) is 9.33. The van der Waals surface area contributed by atoms with Crippen LogP contribution in [0.15, 0.2) is 40.1 Å². The van der Waals surface area contributed by atoms with E-state index in [0.717, 1.165) is 16.8 Å². The molecule has 7 nitrogen and oxygen atoms in total. The van der Waals surface area contributed by atoms with Crippen molar-refractivity contribution in [1.82, 2.24) is 5.01 Å². The minimum absolute atomic E-state index is 0.0977. The summed E-state index contributed by atoms with van der Waals surface area (Å²) in [5.41, 5.74) is 2.63. The minimum atomic E-state index is -1.01. The number of hydrazone groups is 1. The Hall–Kier alpha value is -2.87. The highest BCUT2D eigenvalue weighted by Gasteiger charge is 2.33. The highest BCUT2D eigenvalue weighted by Crippen LogP contribution is 2.37. The van der Waals surface area contributed by atoms with E-state index in [9.17, 15) is 9.59 Å². The molecule has 3 rings (SSSR count). The Morgan fingerprint density at radius 3 is 2.63 bits per heavy atom. The highest BCUT2D eigenvalue weighted by atomic mass is 32.1. The summed E-state index contributed by atoms with van der Waals surface area (Å²) in [7, 11) is 3.12. The first kappa shape index (κ1) is 18.9. The molecule has 1 N–H and O–H groups in total. The summed E-state index contributed by atoms with van der Waals surface area (Å²) in [4.78, 5) is 23.5. The molecule has 0 saturated heterocycles. The van der Waals surface area contributed by atoms with Crippen molar-refractivity contribution in [3.8, 4) is 11.5 Å². The molecule has 1 aromatic heterocycles. The summed E-state index contributed by atoms with van der Waals surface area (Å²) >= 11 is 1.56. The number of carboxylic acids is 1. The van der Waals surface area contributed by atoms with E-state index in [1.807, 2.05) is 29.0 Å². The van der Waals surface area contributed by atoms with E-state index >= 15 is 0 Å². The van der Waals surface area contributed by atoms with Gasteiger partial charge in [-0.3, -0.25) is 9.59 Å². The third kappa shape index (κ3) is 4.11. The number of amides is 1. The molecular weight excluding hydrogens is 368 g/mol. The van der Waals surface area contributed by atoms with Crippen LogP contribution in [-0.4, -0.2) is 41.9 Å². The number of benzene rings is 1. The average Bonchev–Trinajstić information content (AvgIpc) is 3.35. The van der Waals surface area contributed by atoms with Crippen LogP contribution in [0.5, 0.6) is 11.5 Å². The molecule has 2 aromatic rings. The second-order valence-electron chi connectivity index (χ2n) is 6.03. The van der Waals surface area contributed by atoms with Crippen LogP contribution in [0.1, 0.15) is 36.4 Å². The first-order valence-electron chi connectivity index (χ1n) is 8.39. The predicted molar refractivity (Wildman–Crippen MR) is 101 cm³/mol. The molecule has 1 aliphatic rings. The standard InChI is InChI=1S/C19H20N2O5S/c1-25-16-4-3-12(9-17(16)26-2)15-10-14(13-7-8-27-11-13)20-21(15)18(22)5-6-19(23)24/h3-4,7-9,11,15H,5-6,10H2,1-2H3,(H,23,24)/t15-/m1/s1. The largest absolute Gasteiger partial charge is 0.493 e. The molecule has 1 atom stereocenters. The van der Waals surface area contributed by atoms with Gasteiger partial charge in [-0.25, -0.2) is 5.01 Å². The predicted octanol–water partition coefficient (Wildman–Crippen LogP) is 3.31. The third-order valence-electron chi connectivity index (χ3n) is 4.37. The van der Waals surface area contributed by atoms with Gasteiger partial charge < -0.3 is 14.6 Å². The Kier molecular flexibility index (Phi) is 5.75. The summed E-state index contributed by atoms with van der Waals surface area (Å²) < 4.78 is 10.6. The number of rotatable bonds is 7. The quantitative estimate of drug-likeness (QED) is 0.786. The molecule has 1 aromatic carbocycles. The van der Waals surface area contributed by atoms with E-state index in [0.29, 0.717) is 17.9 Å². The maximum atomic E-state index is 12.6.